The van der Waals surface area contributed by atoms with Gasteiger partial charge in [0.15, 0.2) is 0 Å². The minimum atomic E-state index is 0.112. The van der Waals surface area contributed by atoms with E-state index >= 15 is 0 Å². The minimum Gasteiger partial charge on any atom is -0.492 e. The lowest BCUT2D eigenvalue weighted by atomic mass is 10.0. The number of pyridine rings is 1. The molecule has 2 rings (SSSR count). The Labute approximate surface area is 120 Å². The summed E-state index contributed by atoms with van der Waals surface area (Å²) in [4.78, 5) is 4.24. The molecule has 0 spiro atoms. The van der Waals surface area contributed by atoms with Crippen LogP contribution in [0, 0.1) is 0 Å². The van der Waals surface area contributed by atoms with Crippen LogP contribution in [0.4, 0.5) is 0 Å². The van der Waals surface area contributed by atoms with Crippen LogP contribution >= 0.6 is 0 Å². The van der Waals surface area contributed by atoms with Crippen LogP contribution in [0.25, 0.3) is 11.1 Å². The normalized spacial score (nSPS) is 12.2. The monoisotopic (exact) mass is 270 g/mol. The Kier molecular flexibility index (Phi) is 5.13. The van der Waals surface area contributed by atoms with Gasteiger partial charge in [0.2, 0.25) is 0 Å². The summed E-state index contributed by atoms with van der Waals surface area (Å²) >= 11 is 0. The lowest BCUT2D eigenvalue weighted by molar-refractivity contribution is 0.316. The highest BCUT2D eigenvalue weighted by Crippen LogP contribution is 2.24. The van der Waals surface area contributed by atoms with Gasteiger partial charge in [0.25, 0.3) is 0 Å². The standard InChI is InChI=1S/C17H22N2O/c1-3-9-20-16-10-15(11-19-12-16)13-5-7-14(8-6-13)17(18)4-2/h5-8,10-12,17H,3-4,9,18H2,1-2H3. The van der Waals surface area contributed by atoms with E-state index in [0.29, 0.717) is 0 Å². The summed E-state index contributed by atoms with van der Waals surface area (Å²) in [6.07, 6.45) is 5.54. The van der Waals surface area contributed by atoms with E-state index in [4.69, 9.17) is 10.5 Å². The van der Waals surface area contributed by atoms with Gasteiger partial charge >= 0.3 is 0 Å². The Morgan fingerprint density at radius 2 is 1.85 bits per heavy atom. The van der Waals surface area contributed by atoms with Gasteiger partial charge in [0.1, 0.15) is 5.75 Å². The maximum absolute atomic E-state index is 6.03. The van der Waals surface area contributed by atoms with Crippen molar-refractivity contribution in [2.75, 3.05) is 6.61 Å². The second-order valence-electron chi connectivity index (χ2n) is 4.89. The Hall–Kier alpha value is -1.87. The van der Waals surface area contributed by atoms with Crippen LogP contribution in [0.2, 0.25) is 0 Å². The maximum atomic E-state index is 6.03. The van der Waals surface area contributed by atoms with Crippen molar-refractivity contribution in [1.82, 2.24) is 4.98 Å². The fourth-order valence-electron chi connectivity index (χ4n) is 2.03. The van der Waals surface area contributed by atoms with Crippen LogP contribution in [0.5, 0.6) is 5.75 Å². The van der Waals surface area contributed by atoms with Crippen LogP contribution < -0.4 is 10.5 Å². The second-order valence-corrected chi connectivity index (χ2v) is 4.89. The molecule has 3 nitrogen and oxygen atoms in total. The van der Waals surface area contributed by atoms with Gasteiger partial charge < -0.3 is 10.5 Å². The zero-order valence-corrected chi connectivity index (χ0v) is 12.2. The van der Waals surface area contributed by atoms with Crippen molar-refractivity contribution in [3.05, 3.63) is 48.3 Å². The first-order chi connectivity index (χ1) is 9.74. The first-order valence-electron chi connectivity index (χ1n) is 7.18. The molecule has 0 saturated heterocycles. The Morgan fingerprint density at radius 3 is 2.50 bits per heavy atom. The molecule has 0 bridgehead atoms. The largest absolute Gasteiger partial charge is 0.492 e. The van der Waals surface area contributed by atoms with Gasteiger partial charge in [-0.1, -0.05) is 38.1 Å². The molecule has 3 heteroatoms. The highest BCUT2D eigenvalue weighted by Gasteiger charge is 2.05. The third kappa shape index (κ3) is 3.58. The number of benzene rings is 1. The van der Waals surface area contributed by atoms with Gasteiger partial charge in [-0.3, -0.25) is 4.98 Å². The molecule has 0 amide bonds. The minimum absolute atomic E-state index is 0.112. The van der Waals surface area contributed by atoms with Gasteiger partial charge in [-0.2, -0.15) is 0 Å². The first kappa shape index (κ1) is 14.5. The van der Waals surface area contributed by atoms with E-state index in [9.17, 15) is 0 Å². The number of hydrogen-bond acceptors (Lipinski definition) is 3. The number of hydrogen-bond donors (Lipinski definition) is 1. The molecule has 20 heavy (non-hydrogen) atoms. The molecular formula is C17H22N2O. The topological polar surface area (TPSA) is 48.1 Å². The van der Waals surface area contributed by atoms with E-state index in [0.717, 1.165) is 36.3 Å². The third-order valence-electron chi connectivity index (χ3n) is 3.30. The summed E-state index contributed by atoms with van der Waals surface area (Å²) < 4.78 is 5.61. The predicted molar refractivity (Wildman–Crippen MR) is 82.7 cm³/mol. The Morgan fingerprint density at radius 1 is 1.10 bits per heavy atom. The lowest BCUT2D eigenvalue weighted by Gasteiger charge is -2.10. The highest BCUT2D eigenvalue weighted by atomic mass is 16.5. The zero-order chi connectivity index (χ0) is 14.4. The molecule has 1 heterocycles. The number of rotatable bonds is 6. The predicted octanol–water partition coefficient (Wildman–Crippen LogP) is 3.95. The van der Waals surface area contributed by atoms with Gasteiger partial charge in [0.05, 0.1) is 12.8 Å². The lowest BCUT2D eigenvalue weighted by Crippen LogP contribution is -2.08. The molecule has 1 aromatic carbocycles. The summed E-state index contributed by atoms with van der Waals surface area (Å²) in [7, 11) is 0. The quantitative estimate of drug-likeness (QED) is 0.864. The van der Waals surface area contributed by atoms with Crippen molar-refractivity contribution in [2.24, 2.45) is 5.73 Å². The van der Waals surface area contributed by atoms with Gasteiger partial charge in [-0.15, -0.1) is 0 Å². The molecule has 0 radical (unpaired) electrons. The molecule has 0 aliphatic rings. The molecule has 1 unspecified atom stereocenters. The maximum Gasteiger partial charge on any atom is 0.138 e. The molecule has 1 aromatic heterocycles. The van der Waals surface area contributed by atoms with Crippen LogP contribution in [0.15, 0.2) is 42.7 Å². The molecule has 106 valence electrons. The second kappa shape index (κ2) is 7.06. The number of nitrogens with two attached hydrogens (primary N) is 1. The average Bonchev–Trinajstić information content (AvgIpc) is 2.52. The molecule has 2 N–H and O–H groups in total. The Bertz CT molecular complexity index is 537. The van der Waals surface area contributed by atoms with Crippen LogP contribution in [-0.4, -0.2) is 11.6 Å². The molecule has 2 aromatic rings. The van der Waals surface area contributed by atoms with Crippen molar-refractivity contribution in [3.8, 4) is 16.9 Å². The Balaban J connectivity index is 2.18. The van der Waals surface area contributed by atoms with Gasteiger partial charge in [-0.25, -0.2) is 0 Å². The highest BCUT2D eigenvalue weighted by molar-refractivity contribution is 5.64. The fraction of sp³-hybridized carbons (Fsp3) is 0.353. The van der Waals surface area contributed by atoms with Crippen molar-refractivity contribution in [3.63, 3.8) is 0 Å². The zero-order valence-electron chi connectivity index (χ0n) is 12.2. The van der Waals surface area contributed by atoms with Crippen molar-refractivity contribution in [2.45, 2.75) is 32.7 Å². The summed E-state index contributed by atoms with van der Waals surface area (Å²) in [6.45, 7) is 4.90. The van der Waals surface area contributed by atoms with E-state index in [1.54, 1.807) is 6.20 Å². The SMILES string of the molecule is CCCOc1cncc(-c2ccc(C(N)CC)cc2)c1. The van der Waals surface area contributed by atoms with E-state index < -0.39 is 0 Å². The number of ether oxygens (including phenoxy) is 1. The van der Waals surface area contributed by atoms with Crippen LogP contribution in [0.1, 0.15) is 38.3 Å². The third-order valence-corrected chi connectivity index (χ3v) is 3.30. The van der Waals surface area contributed by atoms with E-state index in [-0.39, 0.29) is 6.04 Å². The fourth-order valence-corrected chi connectivity index (χ4v) is 2.03. The van der Waals surface area contributed by atoms with Gasteiger partial charge in [0, 0.05) is 17.8 Å². The summed E-state index contributed by atoms with van der Waals surface area (Å²) in [6, 6.07) is 10.5. The average molecular weight is 270 g/mol. The summed E-state index contributed by atoms with van der Waals surface area (Å²) in [5, 5.41) is 0. The molecular weight excluding hydrogens is 248 g/mol. The molecule has 0 fully saturated rings. The van der Waals surface area contributed by atoms with E-state index in [2.05, 4.69) is 43.1 Å². The smallest absolute Gasteiger partial charge is 0.138 e. The number of aromatic nitrogens is 1. The van der Waals surface area contributed by atoms with Crippen LogP contribution in [-0.2, 0) is 0 Å². The van der Waals surface area contributed by atoms with Crippen LogP contribution in [0.3, 0.4) is 0 Å². The van der Waals surface area contributed by atoms with Gasteiger partial charge in [-0.05, 0) is 30.0 Å². The molecule has 0 aliphatic carbocycles. The van der Waals surface area contributed by atoms with Crippen molar-refractivity contribution in [1.29, 1.82) is 0 Å². The summed E-state index contributed by atoms with van der Waals surface area (Å²) in [5.41, 5.74) is 9.39. The summed E-state index contributed by atoms with van der Waals surface area (Å²) in [5.74, 6) is 0.818. The molecule has 1 atom stereocenters. The molecule has 0 saturated carbocycles. The first-order valence-corrected chi connectivity index (χ1v) is 7.18. The van der Waals surface area contributed by atoms with Crippen molar-refractivity contribution < 1.29 is 4.74 Å². The van der Waals surface area contributed by atoms with E-state index in [1.807, 2.05) is 12.3 Å². The molecule has 0 aliphatic heterocycles. The number of nitrogens with zero attached hydrogens (tertiary/aromatic N) is 1. The van der Waals surface area contributed by atoms with Crippen molar-refractivity contribution >= 4 is 0 Å². The van der Waals surface area contributed by atoms with E-state index in [1.165, 1.54) is 5.56 Å².